The van der Waals surface area contributed by atoms with Gasteiger partial charge in [-0.2, -0.15) is 23.3 Å². The van der Waals surface area contributed by atoms with Gasteiger partial charge in [0.15, 0.2) is 5.72 Å². The highest BCUT2D eigenvalue weighted by molar-refractivity contribution is 5.79. The van der Waals surface area contributed by atoms with E-state index in [-0.39, 0.29) is 42.3 Å². The fourth-order valence-corrected chi connectivity index (χ4v) is 4.52. The third-order valence-corrected chi connectivity index (χ3v) is 6.69. The normalized spacial score (nSPS) is 19.4. The molecule has 0 saturated carbocycles. The molecule has 2 aliphatic rings. The second-order valence-electron chi connectivity index (χ2n) is 9.91. The van der Waals surface area contributed by atoms with Crippen LogP contribution in [0.4, 0.5) is 19.2 Å². The molecule has 0 spiro atoms. The van der Waals surface area contributed by atoms with Gasteiger partial charge in [-0.15, -0.1) is 0 Å². The summed E-state index contributed by atoms with van der Waals surface area (Å²) >= 11 is 0. The number of halogens is 3. The van der Waals surface area contributed by atoms with Crippen LogP contribution in [0.5, 0.6) is 0 Å². The van der Waals surface area contributed by atoms with E-state index in [1.807, 2.05) is 7.05 Å². The second kappa shape index (κ2) is 10.7. The molecule has 0 bridgehead atoms. The van der Waals surface area contributed by atoms with Crippen LogP contribution in [-0.4, -0.2) is 63.0 Å². The summed E-state index contributed by atoms with van der Waals surface area (Å²) in [6, 6.07) is -0.121. The summed E-state index contributed by atoms with van der Waals surface area (Å²) in [5.41, 5.74) is 3.76. The molecule has 1 fully saturated rings. The maximum atomic E-state index is 14.0. The molecule has 1 atom stereocenters. The predicted octanol–water partition coefficient (Wildman–Crippen LogP) is 2.67. The highest BCUT2D eigenvalue weighted by atomic mass is 19.4. The molecular formula is C25H32F3N7O3. The molecule has 5 N–H and O–H groups in total. The molecule has 10 nitrogen and oxygen atoms in total. The summed E-state index contributed by atoms with van der Waals surface area (Å²) in [6.07, 6.45) is 3.65. The number of nitrogen functional groups attached to an aromatic ring is 1. The van der Waals surface area contributed by atoms with Crippen molar-refractivity contribution in [3.05, 3.63) is 58.9 Å². The largest absolute Gasteiger partial charge is 0.432 e. The highest BCUT2D eigenvalue weighted by Crippen LogP contribution is 2.37. The van der Waals surface area contributed by atoms with Crippen LogP contribution in [0.2, 0.25) is 0 Å². The van der Waals surface area contributed by atoms with Crippen LogP contribution in [0, 0.1) is 0 Å². The Morgan fingerprint density at radius 1 is 1.32 bits per heavy atom. The van der Waals surface area contributed by atoms with Gasteiger partial charge >= 0.3 is 6.18 Å². The smallest absolute Gasteiger partial charge is 0.418 e. The van der Waals surface area contributed by atoms with E-state index in [1.165, 1.54) is 23.9 Å². The molecule has 1 amide bonds. The molecule has 1 unspecified atom stereocenters. The number of nitrogens with one attached hydrogen (secondary N) is 2. The van der Waals surface area contributed by atoms with Gasteiger partial charge in [-0.1, -0.05) is 11.6 Å². The van der Waals surface area contributed by atoms with Crippen molar-refractivity contribution in [2.24, 2.45) is 0 Å². The summed E-state index contributed by atoms with van der Waals surface area (Å²) in [7, 11) is 2.04. The number of amides is 1. The van der Waals surface area contributed by atoms with Gasteiger partial charge in [0.2, 0.25) is 5.91 Å². The zero-order valence-corrected chi connectivity index (χ0v) is 21.5. The van der Waals surface area contributed by atoms with E-state index in [9.17, 15) is 23.1 Å². The topological polar surface area (TPSA) is 134 Å². The second-order valence-corrected chi connectivity index (χ2v) is 9.91. The first-order chi connectivity index (χ1) is 17.8. The molecule has 4 rings (SSSR count). The third kappa shape index (κ3) is 6.45. The van der Waals surface area contributed by atoms with Crippen LogP contribution >= 0.6 is 0 Å². The first-order valence-electron chi connectivity index (χ1n) is 12.2. The van der Waals surface area contributed by atoms with Crippen molar-refractivity contribution in [1.82, 2.24) is 30.3 Å². The summed E-state index contributed by atoms with van der Waals surface area (Å²) < 4.78 is 48.4. The number of allylic oxidation sites excluding steroid dienone is 5. The quantitative estimate of drug-likeness (QED) is 0.398. The number of aliphatic hydroxyl groups is 1. The Kier molecular flexibility index (Phi) is 7.70. The number of anilines is 1. The molecule has 1 saturated heterocycles. The SMILES string of the molecule is CC1=C(c2cnn(CC(=O)NC3CCN(C)CC3)c2)C=C(NC(C)(O)c2coc(N)n2)C(C(F)(F)F)=CC1. The lowest BCUT2D eigenvalue weighted by Crippen LogP contribution is -2.44. The first-order valence-corrected chi connectivity index (χ1v) is 12.2. The van der Waals surface area contributed by atoms with E-state index < -0.39 is 17.5 Å². The summed E-state index contributed by atoms with van der Waals surface area (Å²) in [4.78, 5) is 18.6. The van der Waals surface area contributed by atoms with Gasteiger partial charge in [-0.05, 0) is 64.9 Å². The Morgan fingerprint density at radius 3 is 2.66 bits per heavy atom. The summed E-state index contributed by atoms with van der Waals surface area (Å²) in [5, 5.41) is 20.7. The van der Waals surface area contributed by atoms with Crippen molar-refractivity contribution in [3.63, 3.8) is 0 Å². The highest BCUT2D eigenvalue weighted by Gasteiger charge is 2.39. The van der Waals surface area contributed by atoms with Gasteiger partial charge in [0.05, 0.1) is 11.8 Å². The van der Waals surface area contributed by atoms with Crippen LogP contribution in [0.1, 0.15) is 44.4 Å². The zero-order valence-electron chi connectivity index (χ0n) is 21.5. The molecular weight excluding hydrogens is 503 g/mol. The van der Waals surface area contributed by atoms with Crippen molar-refractivity contribution >= 4 is 17.5 Å². The predicted molar refractivity (Wildman–Crippen MR) is 134 cm³/mol. The maximum Gasteiger partial charge on any atom is 0.418 e. The average Bonchev–Trinajstić information content (AvgIpc) is 3.43. The number of rotatable bonds is 7. The molecule has 3 heterocycles. The summed E-state index contributed by atoms with van der Waals surface area (Å²) in [6.45, 7) is 4.79. The third-order valence-electron chi connectivity index (χ3n) is 6.69. The van der Waals surface area contributed by atoms with E-state index in [2.05, 4.69) is 25.6 Å². The Bertz CT molecular complexity index is 1270. The zero-order chi connectivity index (χ0) is 27.7. The minimum Gasteiger partial charge on any atom is -0.432 e. The number of alkyl halides is 3. The van der Waals surface area contributed by atoms with E-state index in [4.69, 9.17) is 10.2 Å². The lowest BCUT2D eigenvalue weighted by Gasteiger charge is -2.29. The van der Waals surface area contributed by atoms with E-state index in [0.29, 0.717) is 16.7 Å². The van der Waals surface area contributed by atoms with Gasteiger partial charge in [0.1, 0.15) is 18.5 Å². The summed E-state index contributed by atoms with van der Waals surface area (Å²) in [5.74, 6) is -0.178. The molecule has 2 aromatic heterocycles. The number of likely N-dealkylation sites (tertiary alicyclic amines) is 1. The number of nitrogens with zero attached hydrogens (tertiary/aromatic N) is 4. The van der Waals surface area contributed by atoms with Crippen LogP contribution in [0.3, 0.4) is 0 Å². The molecule has 206 valence electrons. The lowest BCUT2D eigenvalue weighted by atomic mass is 10.0. The van der Waals surface area contributed by atoms with Crippen LogP contribution in [0.25, 0.3) is 5.57 Å². The Balaban J connectivity index is 1.56. The van der Waals surface area contributed by atoms with Crippen molar-refractivity contribution in [2.75, 3.05) is 25.9 Å². The number of piperidine rings is 1. The van der Waals surface area contributed by atoms with Gasteiger partial charge in [0, 0.05) is 23.5 Å². The van der Waals surface area contributed by atoms with Crippen molar-refractivity contribution in [3.8, 4) is 0 Å². The Labute approximate surface area is 218 Å². The molecule has 0 radical (unpaired) electrons. The molecule has 0 aromatic carbocycles. The maximum absolute atomic E-state index is 14.0. The number of aromatic nitrogens is 3. The fourth-order valence-electron chi connectivity index (χ4n) is 4.52. The van der Waals surface area contributed by atoms with E-state index in [1.54, 1.807) is 13.1 Å². The average molecular weight is 536 g/mol. The van der Waals surface area contributed by atoms with Gasteiger partial charge in [0.25, 0.3) is 6.01 Å². The number of hydrogen-bond acceptors (Lipinski definition) is 8. The number of hydrogen-bond donors (Lipinski definition) is 4. The van der Waals surface area contributed by atoms with Crippen LogP contribution in [0.15, 0.2) is 52.1 Å². The minimum absolute atomic E-state index is 0.0121. The molecule has 2 aromatic rings. The van der Waals surface area contributed by atoms with Crippen molar-refractivity contribution in [1.29, 1.82) is 0 Å². The van der Waals surface area contributed by atoms with Crippen LogP contribution in [-0.2, 0) is 17.1 Å². The first kappa shape index (κ1) is 27.5. The molecule has 38 heavy (non-hydrogen) atoms. The van der Waals surface area contributed by atoms with E-state index in [0.717, 1.165) is 38.3 Å². The fraction of sp³-hybridized carbons (Fsp3) is 0.480. The van der Waals surface area contributed by atoms with Gasteiger partial charge in [-0.3, -0.25) is 9.48 Å². The number of oxazole rings is 1. The monoisotopic (exact) mass is 535 g/mol. The number of nitrogens with two attached hydrogens (primary N) is 1. The molecule has 1 aliphatic carbocycles. The van der Waals surface area contributed by atoms with Crippen LogP contribution < -0.4 is 16.4 Å². The van der Waals surface area contributed by atoms with Crippen molar-refractivity contribution < 1.29 is 27.5 Å². The van der Waals surface area contributed by atoms with Crippen molar-refractivity contribution in [2.45, 2.75) is 57.6 Å². The Morgan fingerprint density at radius 2 is 2.03 bits per heavy atom. The molecule has 13 heteroatoms. The lowest BCUT2D eigenvalue weighted by molar-refractivity contribution is -0.122. The minimum atomic E-state index is -4.69. The Hall–Kier alpha value is -3.58. The number of carbonyl (C=O) groups excluding carboxylic acids is 1. The molecule has 1 aliphatic heterocycles. The van der Waals surface area contributed by atoms with Gasteiger partial charge in [-0.25, -0.2) is 0 Å². The van der Waals surface area contributed by atoms with Gasteiger partial charge < -0.3 is 30.8 Å². The van der Waals surface area contributed by atoms with E-state index >= 15 is 0 Å². The standard InChI is InChI=1S/C25H32F3N7O3/c1-15-4-5-19(25(26,27)28)20(33-24(2,37)21-14-38-23(29)32-21)10-18(15)16-11-30-35(12-16)13-22(36)31-17-6-8-34(3)9-7-17/h5,10-12,14,17,33,37H,4,6-9,13H2,1-3H3,(H2,29,32)(H,31,36). The number of carbonyl (C=O) groups is 1.